The Bertz CT molecular complexity index is 418. The molecule has 0 N–H and O–H groups in total. The summed E-state index contributed by atoms with van der Waals surface area (Å²) in [6.07, 6.45) is -2.99. The van der Waals surface area contributed by atoms with Gasteiger partial charge in [0.1, 0.15) is 0 Å². The lowest BCUT2D eigenvalue weighted by Gasteiger charge is -1.99. The van der Waals surface area contributed by atoms with Gasteiger partial charge in [0.05, 0.1) is 6.26 Å². The number of halogens is 3. The Hall–Kier alpha value is -1.30. The van der Waals surface area contributed by atoms with Gasteiger partial charge in [-0.15, -0.1) is 11.3 Å². The van der Waals surface area contributed by atoms with Gasteiger partial charge in [0.15, 0.2) is 16.5 Å². The third kappa shape index (κ3) is 1.65. The summed E-state index contributed by atoms with van der Waals surface area (Å²) in [4.78, 5) is 3.42. The monoisotopic (exact) mass is 219 g/mol. The van der Waals surface area contributed by atoms with Gasteiger partial charge in [0.25, 0.3) is 0 Å². The van der Waals surface area contributed by atoms with Crippen molar-refractivity contribution in [2.45, 2.75) is 6.18 Å². The fourth-order valence-electron chi connectivity index (χ4n) is 0.917. The van der Waals surface area contributed by atoms with Crippen LogP contribution >= 0.6 is 11.3 Å². The minimum Gasteiger partial charge on any atom is -0.462 e. The Morgan fingerprint density at radius 3 is 2.64 bits per heavy atom. The van der Waals surface area contributed by atoms with E-state index in [2.05, 4.69) is 4.98 Å². The van der Waals surface area contributed by atoms with Crippen molar-refractivity contribution < 1.29 is 17.6 Å². The molecule has 0 atom stereocenters. The molecule has 2 heterocycles. The molecule has 14 heavy (non-hydrogen) atoms. The van der Waals surface area contributed by atoms with Crippen LogP contribution in [0.4, 0.5) is 13.2 Å². The molecule has 2 aromatic heterocycles. The number of rotatable bonds is 1. The first-order chi connectivity index (χ1) is 6.57. The van der Waals surface area contributed by atoms with Crippen LogP contribution in [0, 0.1) is 0 Å². The lowest BCUT2D eigenvalue weighted by Crippen LogP contribution is -2.04. The van der Waals surface area contributed by atoms with E-state index in [1.165, 1.54) is 6.26 Å². The van der Waals surface area contributed by atoms with E-state index < -0.39 is 11.9 Å². The molecule has 0 radical (unpaired) electrons. The summed E-state index contributed by atoms with van der Waals surface area (Å²) in [5.41, 5.74) is -0.881. The second-order valence-corrected chi connectivity index (χ2v) is 3.37. The van der Waals surface area contributed by atoms with E-state index in [0.29, 0.717) is 5.76 Å². The van der Waals surface area contributed by atoms with Crippen LogP contribution in [0.25, 0.3) is 10.8 Å². The van der Waals surface area contributed by atoms with E-state index in [1.54, 1.807) is 12.1 Å². The topological polar surface area (TPSA) is 26.0 Å². The summed E-state index contributed by atoms with van der Waals surface area (Å²) in [5, 5.41) is 1.21. The molecule has 0 saturated heterocycles. The highest BCUT2D eigenvalue weighted by molar-refractivity contribution is 7.13. The molecule has 74 valence electrons. The summed E-state index contributed by atoms with van der Waals surface area (Å²) in [6, 6.07) is 3.17. The van der Waals surface area contributed by atoms with Gasteiger partial charge < -0.3 is 4.42 Å². The zero-order valence-corrected chi connectivity index (χ0v) is 7.52. The van der Waals surface area contributed by atoms with Crippen molar-refractivity contribution in [3.8, 4) is 10.8 Å². The second-order valence-electron chi connectivity index (χ2n) is 2.51. The van der Waals surface area contributed by atoms with Crippen LogP contribution in [0.1, 0.15) is 5.69 Å². The van der Waals surface area contributed by atoms with Crippen molar-refractivity contribution in [1.82, 2.24) is 4.98 Å². The lowest BCUT2D eigenvalue weighted by atomic mass is 10.4. The van der Waals surface area contributed by atoms with Crippen molar-refractivity contribution >= 4 is 11.3 Å². The molecule has 0 aromatic carbocycles. The van der Waals surface area contributed by atoms with Gasteiger partial charge in [0.2, 0.25) is 0 Å². The van der Waals surface area contributed by atoms with E-state index in [0.717, 1.165) is 16.7 Å². The van der Waals surface area contributed by atoms with Crippen LogP contribution in [0.2, 0.25) is 0 Å². The average molecular weight is 219 g/mol. The van der Waals surface area contributed by atoms with E-state index in [4.69, 9.17) is 4.42 Å². The van der Waals surface area contributed by atoms with Crippen LogP contribution in [0.15, 0.2) is 28.2 Å². The van der Waals surface area contributed by atoms with Gasteiger partial charge in [-0.3, -0.25) is 0 Å². The van der Waals surface area contributed by atoms with Crippen molar-refractivity contribution in [2.24, 2.45) is 0 Å². The highest BCUT2D eigenvalue weighted by atomic mass is 32.1. The minimum atomic E-state index is -4.39. The number of alkyl halides is 3. The summed E-state index contributed by atoms with van der Waals surface area (Å²) < 4.78 is 41.4. The van der Waals surface area contributed by atoms with Crippen molar-refractivity contribution in [3.63, 3.8) is 0 Å². The number of hydrogen-bond donors (Lipinski definition) is 0. The third-order valence-corrected chi connectivity index (χ3v) is 2.38. The van der Waals surface area contributed by atoms with E-state index >= 15 is 0 Å². The standard InChI is InChI=1S/C8H4F3NOS/c9-8(10,11)6-4-14-7(12-6)5-2-1-3-13-5/h1-4H. The molecule has 0 aliphatic rings. The first-order valence-electron chi connectivity index (χ1n) is 3.64. The van der Waals surface area contributed by atoms with Gasteiger partial charge >= 0.3 is 6.18 Å². The fraction of sp³-hybridized carbons (Fsp3) is 0.125. The molecule has 0 saturated carbocycles. The first kappa shape index (κ1) is 9.26. The van der Waals surface area contributed by atoms with Crippen LogP contribution in [0.5, 0.6) is 0 Å². The summed E-state index contributed by atoms with van der Waals surface area (Å²) in [6.45, 7) is 0. The van der Waals surface area contributed by atoms with Gasteiger partial charge in [0, 0.05) is 5.38 Å². The summed E-state index contributed by atoms with van der Waals surface area (Å²) in [7, 11) is 0. The Morgan fingerprint density at radius 1 is 1.36 bits per heavy atom. The second kappa shape index (κ2) is 3.13. The quantitative estimate of drug-likeness (QED) is 0.734. The van der Waals surface area contributed by atoms with E-state index in [9.17, 15) is 13.2 Å². The maximum Gasteiger partial charge on any atom is 0.434 e. The SMILES string of the molecule is FC(F)(F)c1csc(-c2ccco2)n1. The molecule has 6 heteroatoms. The van der Waals surface area contributed by atoms with E-state index in [-0.39, 0.29) is 5.01 Å². The van der Waals surface area contributed by atoms with Crippen LogP contribution in [0.3, 0.4) is 0 Å². The fourth-order valence-corrected chi connectivity index (χ4v) is 1.71. The van der Waals surface area contributed by atoms with Crippen LogP contribution in [-0.2, 0) is 6.18 Å². The molecule has 2 aromatic rings. The zero-order valence-electron chi connectivity index (χ0n) is 6.71. The van der Waals surface area contributed by atoms with Crippen molar-refractivity contribution in [3.05, 3.63) is 29.5 Å². The summed E-state index contributed by atoms with van der Waals surface area (Å²) in [5.74, 6) is 0.352. The highest BCUT2D eigenvalue weighted by Crippen LogP contribution is 2.33. The number of furan rings is 1. The number of nitrogens with zero attached hydrogens (tertiary/aromatic N) is 1. The van der Waals surface area contributed by atoms with E-state index in [1.807, 2.05) is 0 Å². The molecule has 0 unspecified atom stereocenters. The predicted molar refractivity (Wildman–Crippen MR) is 44.8 cm³/mol. The number of thiazole rings is 1. The molecule has 0 spiro atoms. The molecule has 2 nitrogen and oxygen atoms in total. The molecule has 0 aliphatic carbocycles. The van der Waals surface area contributed by atoms with Gasteiger partial charge in [-0.1, -0.05) is 0 Å². The first-order valence-corrected chi connectivity index (χ1v) is 4.52. The molecule has 0 amide bonds. The van der Waals surface area contributed by atoms with Crippen LogP contribution < -0.4 is 0 Å². The minimum absolute atomic E-state index is 0.238. The Balaban J connectivity index is 2.36. The molecule has 0 fully saturated rings. The van der Waals surface area contributed by atoms with Gasteiger partial charge in [-0.05, 0) is 12.1 Å². The Kier molecular flexibility index (Phi) is 2.07. The maximum atomic E-state index is 12.2. The van der Waals surface area contributed by atoms with Gasteiger partial charge in [-0.2, -0.15) is 13.2 Å². The largest absolute Gasteiger partial charge is 0.462 e. The Labute approximate surface area is 81.0 Å². The van der Waals surface area contributed by atoms with Crippen molar-refractivity contribution in [2.75, 3.05) is 0 Å². The molecule has 0 aliphatic heterocycles. The lowest BCUT2D eigenvalue weighted by molar-refractivity contribution is -0.140. The molecular weight excluding hydrogens is 215 g/mol. The predicted octanol–water partition coefficient (Wildman–Crippen LogP) is 3.42. The highest BCUT2D eigenvalue weighted by Gasteiger charge is 2.34. The normalized spacial score (nSPS) is 11.9. The number of aromatic nitrogens is 1. The third-order valence-electron chi connectivity index (χ3n) is 1.53. The van der Waals surface area contributed by atoms with Gasteiger partial charge in [-0.25, -0.2) is 4.98 Å². The smallest absolute Gasteiger partial charge is 0.434 e. The maximum absolute atomic E-state index is 12.2. The molecule has 2 rings (SSSR count). The number of hydrogen-bond acceptors (Lipinski definition) is 3. The van der Waals surface area contributed by atoms with Crippen molar-refractivity contribution in [1.29, 1.82) is 0 Å². The molecular formula is C8H4F3NOS. The average Bonchev–Trinajstić information content (AvgIpc) is 2.73. The summed E-state index contributed by atoms with van der Waals surface area (Å²) >= 11 is 0.909. The van der Waals surface area contributed by atoms with Crippen LogP contribution in [-0.4, -0.2) is 4.98 Å². The molecule has 0 bridgehead atoms. The Morgan fingerprint density at radius 2 is 2.14 bits per heavy atom. The zero-order chi connectivity index (χ0) is 10.2.